The highest BCUT2D eigenvalue weighted by molar-refractivity contribution is 5.75. The van der Waals surface area contributed by atoms with Gasteiger partial charge in [-0.3, -0.25) is 4.79 Å². The highest BCUT2D eigenvalue weighted by Crippen LogP contribution is 2.25. The molecule has 0 radical (unpaired) electrons. The predicted octanol–water partition coefficient (Wildman–Crippen LogP) is 6.44. The van der Waals surface area contributed by atoms with E-state index in [1.165, 1.54) is 77.7 Å². The molecule has 0 rings (SSSR count). The van der Waals surface area contributed by atoms with E-state index in [9.17, 15) is 4.79 Å². The van der Waals surface area contributed by atoms with E-state index in [0.717, 1.165) is 12.8 Å². The van der Waals surface area contributed by atoms with E-state index >= 15 is 0 Å². The van der Waals surface area contributed by atoms with Gasteiger partial charge in [0.2, 0.25) is 0 Å². The molecule has 0 aromatic carbocycles. The lowest BCUT2D eigenvalue weighted by Gasteiger charge is -2.20. The summed E-state index contributed by atoms with van der Waals surface area (Å²) in [5, 5.41) is 0. The van der Waals surface area contributed by atoms with Crippen LogP contribution in [0.5, 0.6) is 0 Å². The molecule has 0 saturated carbocycles. The maximum absolute atomic E-state index is 11.5. The zero-order chi connectivity index (χ0) is 16.0. The van der Waals surface area contributed by atoms with E-state index in [2.05, 4.69) is 6.92 Å². The first-order valence-corrected chi connectivity index (χ1v) is 9.13. The van der Waals surface area contributed by atoms with Crippen molar-refractivity contribution in [2.45, 2.75) is 104 Å². The summed E-state index contributed by atoms with van der Waals surface area (Å²) in [6, 6.07) is 0. The molecule has 0 unspecified atom stereocenters. The summed E-state index contributed by atoms with van der Waals surface area (Å²) in [4.78, 5) is 11.5. The molecule has 22 heavy (non-hydrogen) atoms. The van der Waals surface area contributed by atoms with Gasteiger partial charge in [0.05, 0.1) is 12.5 Å². The van der Waals surface area contributed by atoms with Crippen molar-refractivity contribution < 1.29 is 9.53 Å². The van der Waals surface area contributed by atoms with E-state index in [1.807, 2.05) is 13.8 Å². The van der Waals surface area contributed by atoms with Crippen LogP contribution in [0.4, 0.5) is 0 Å². The van der Waals surface area contributed by atoms with Crippen molar-refractivity contribution in [1.82, 2.24) is 6.15 Å². The van der Waals surface area contributed by atoms with Crippen LogP contribution in [0.15, 0.2) is 0 Å². The second-order valence-corrected chi connectivity index (χ2v) is 7.01. The minimum Gasteiger partial charge on any atom is -0.469 e. The Bertz CT molecular complexity index is 252. The summed E-state index contributed by atoms with van der Waals surface area (Å²) in [5.41, 5.74) is -0.312. The van der Waals surface area contributed by atoms with Crippen molar-refractivity contribution >= 4 is 5.97 Å². The molecule has 0 heterocycles. The average Bonchev–Trinajstić information content (AvgIpc) is 2.47. The minimum absolute atomic E-state index is 0. The maximum atomic E-state index is 11.5. The van der Waals surface area contributed by atoms with Crippen LogP contribution in [0.1, 0.15) is 104 Å². The van der Waals surface area contributed by atoms with Crippen molar-refractivity contribution in [3.8, 4) is 0 Å². The summed E-state index contributed by atoms with van der Waals surface area (Å²) in [6.45, 7) is 6.24. The molecular formula is C19H41NO2. The molecule has 0 aliphatic rings. The first kappa shape index (κ1) is 23.7. The maximum Gasteiger partial charge on any atom is 0.311 e. The number of ether oxygens (including phenoxy) is 1. The summed E-state index contributed by atoms with van der Waals surface area (Å²) < 4.78 is 4.83. The minimum atomic E-state index is -0.312. The second kappa shape index (κ2) is 15.3. The van der Waals surface area contributed by atoms with E-state index in [4.69, 9.17) is 4.74 Å². The van der Waals surface area contributed by atoms with Crippen molar-refractivity contribution in [3.05, 3.63) is 0 Å². The zero-order valence-corrected chi connectivity index (χ0v) is 15.7. The Hall–Kier alpha value is -0.570. The monoisotopic (exact) mass is 315 g/mol. The van der Waals surface area contributed by atoms with Gasteiger partial charge in [0, 0.05) is 0 Å². The average molecular weight is 316 g/mol. The largest absolute Gasteiger partial charge is 0.469 e. The molecule has 0 fully saturated rings. The smallest absolute Gasteiger partial charge is 0.311 e. The number of esters is 1. The predicted molar refractivity (Wildman–Crippen MR) is 96.5 cm³/mol. The fourth-order valence-electron chi connectivity index (χ4n) is 2.79. The van der Waals surface area contributed by atoms with Crippen LogP contribution < -0.4 is 6.15 Å². The number of carbonyl (C=O) groups is 1. The van der Waals surface area contributed by atoms with Gasteiger partial charge >= 0.3 is 5.97 Å². The van der Waals surface area contributed by atoms with Gasteiger partial charge < -0.3 is 10.9 Å². The van der Waals surface area contributed by atoms with E-state index in [1.54, 1.807) is 0 Å². The molecule has 0 bridgehead atoms. The number of rotatable bonds is 14. The van der Waals surface area contributed by atoms with Gasteiger partial charge in [-0.2, -0.15) is 0 Å². The highest BCUT2D eigenvalue weighted by atomic mass is 16.5. The molecule has 3 heteroatoms. The molecule has 0 aliphatic carbocycles. The lowest BCUT2D eigenvalue weighted by Crippen LogP contribution is -2.25. The summed E-state index contributed by atoms with van der Waals surface area (Å²) >= 11 is 0. The molecule has 0 spiro atoms. The Kier molecular flexibility index (Phi) is 16.5. The number of hydrogen-bond donors (Lipinski definition) is 1. The highest BCUT2D eigenvalue weighted by Gasteiger charge is 2.27. The summed E-state index contributed by atoms with van der Waals surface area (Å²) in [5.74, 6) is -0.0782. The zero-order valence-electron chi connectivity index (χ0n) is 15.7. The molecule has 0 aromatic heterocycles. The molecule has 0 aromatic rings. The summed E-state index contributed by atoms with van der Waals surface area (Å²) in [6.07, 6.45) is 17.2. The van der Waals surface area contributed by atoms with Gasteiger partial charge in [0.1, 0.15) is 0 Å². The van der Waals surface area contributed by atoms with Crippen molar-refractivity contribution in [1.29, 1.82) is 0 Å². The van der Waals surface area contributed by atoms with Crippen LogP contribution in [-0.4, -0.2) is 13.1 Å². The quantitative estimate of drug-likeness (QED) is 0.296. The molecule has 0 aliphatic heterocycles. The molecule has 3 N–H and O–H groups in total. The second-order valence-electron chi connectivity index (χ2n) is 7.01. The lowest BCUT2D eigenvalue weighted by atomic mass is 9.87. The Morgan fingerprint density at radius 1 is 0.773 bits per heavy atom. The fourth-order valence-corrected chi connectivity index (χ4v) is 2.79. The number of unbranched alkanes of at least 4 members (excludes halogenated alkanes) is 11. The molecule has 0 atom stereocenters. The Balaban J connectivity index is 0. The Morgan fingerprint density at radius 3 is 1.50 bits per heavy atom. The van der Waals surface area contributed by atoms with Crippen molar-refractivity contribution in [3.63, 3.8) is 0 Å². The van der Waals surface area contributed by atoms with Gasteiger partial charge in [0.25, 0.3) is 0 Å². The topological polar surface area (TPSA) is 61.3 Å². The molecule has 0 amide bonds. The number of methoxy groups -OCH3 is 1. The third-order valence-electron chi connectivity index (χ3n) is 4.39. The van der Waals surface area contributed by atoms with Gasteiger partial charge in [-0.25, -0.2) is 0 Å². The normalized spacial score (nSPS) is 11.1. The van der Waals surface area contributed by atoms with Crippen LogP contribution in [0, 0.1) is 5.41 Å². The third-order valence-corrected chi connectivity index (χ3v) is 4.39. The summed E-state index contributed by atoms with van der Waals surface area (Å²) in [7, 11) is 1.48. The molecule has 0 saturated heterocycles. The van der Waals surface area contributed by atoms with Crippen LogP contribution in [0.3, 0.4) is 0 Å². The van der Waals surface area contributed by atoms with E-state index < -0.39 is 0 Å². The molecule has 134 valence electrons. The third kappa shape index (κ3) is 13.1. The van der Waals surface area contributed by atoms with Gasteiger partial charge in [-0.05, 0) is 20.3 Å². The van der Waals surface area contributed by atoms with Crippen LogP contribution >= 0.6 is 0 Å². The van der Waals surface area contributed by atoms with Crippen LogP contribution in [0.25, 0.3) is 0 Å². The fraction of sp³-hybridized carbons (Fsp3) is 0.947. The first-order valence-electron chi connectivity index (χ1n) is 9.13. The Morgan fingerprint density at radius 2 is 1.14 bits per heavy atom. The first-order chi connectivity index (χ1) is 10.0. The molecular weight excluding hydrogens is 274 g/mol. The van der Waals surface area contributed by atoms with E-state index in [0.29, 0.717) is 0 Å². The lowest BCUT2D eigenvalue weighted by molar-refractivity contribution is -0.151. The van der Waals surface area contributed by atoms with Gasteiger partial charge in [0.15, 0.2) is 0 Å². The number of hydrogen-bond acceptors (Lipinski definition) is 3. The SMILES string of the molecule is CCCCCCCCCCCCCCC(C)(C)C(=O)OC.N. The van der Waals surface area contributed by atoms with Gasteiger partial charge in [-0.15, -0.1) is 0 Å². The number of carbonyl (C=O) groups excluding carboxylic acids is 1. The van der Waals surface area contributed by atoms with Crippen LogP contribution in [-0.2, 0) is 9.53 Å². The molecule has 3 nitrogen and oxygen atoms in total. The van der Waals surface area contributed by atoms with E-state index in [-0.39, 0.29) is 17.5 Å². The Labute approximate surface area is 139 Å². The van der Waals surface area contributed by atoms with Crippen molar-refractivity contribution in [2.75, 3.05) is 7.11 Å². The van der Waals surface area contributed by atoms with Crippen LogP contribution in [0.2, 0.25) is 0 Å². The van der Waals surface area contributed by atoms with Gasteiger partial charge in [-0.1, -0.05) is 84.0 Å². The standard InChI is InChI=1S/C19H38O2.H3N/c1-5-6-7-8-9-10-11-12-13-14-15-16-17-19(2,3)18(20)21-4;/h5-17H2,1-4H3;1H3. The van der Waals surface area contributed by atoms with Crippen molar-refractivity contribution in [2.24, 2.45) is 5.41 Å².